The lowest BCUT2D eigenvalue weighted by atomic mass is 10.1. The minimum atomic E-state index is -0.573. The van der Waals surface area contributed by atoms with Crippen molar-refractivity contribution < 1.29 is 14.6 Å². The molecule has 1 aromatic carbocycles. The van der Waals surface area contributed by atoms with Crippen LogP contribution in [0.25, 0.3) is 21.9 Å². The Bertz CT molecular complexity index is 791. The van der Waals surface area contributed by atoms with Gasteiger partial charge in [-0.1, -0.05) is 0 Å². The molecule has 2 N–H and O–H groups in total. The lowest BCUT2D eigenvalue weighted by Gasteiger charge is -2.02. The van der Waals surface area contributed by atoms with E-state index >= 15 is 0 Å². The van der Waals surface area contributed by atoms with E-state index < -0.39 is 5.63 Å². The molecule has 0 aliphatic carbocycles. The van der Waals surface area contributed by atoms with Gasteiger partial charge in [0.05, 0.1) is 11.6 Å². The second-order valence-electron chi connectivity index (χ2n) is 3.66. The van der Waals surface area contributed by atoms with Crippen molar-refractivity contribution in [3.63, 3.8) is 0 Å². The Hall–Kier alpha value is -2.56. The second kappa shape index (κ2) is 3.21. The molecule has 0 amide bonds. The quantitative estimate of drug-likeness (QED) is 0.574. The Balaban J connectivity index is 2.60. The van der Waals surface area contributed by atoms with Crippen LogP contribution in [0.1, 0.15) is 0 Å². The molecule has 17 heavy (non-hydrogen) atoms. The molecule has 0 saturated heterocycles. The average molecular weight is 229 g/mol. The summed E-state index contributed by atoms with van der Waals surface area (Å²) >= 11 is 0. The topological polar surface area (TPSA) is 83.6 Å². The van der Waals surface area contributed by atoms with E-state index in [0.29, 0.717) is 10.9 Å². The van der Waals surface area contributed by atoms with Crippen molar-refractivity contribution in [1.82, 2.24) is 4.98 Å². The van der Waals surface area contributed by atoms with E-state index in [4.69, 9.17) is 4.42 Å². The minimum absolute atomic E-state index is 0.0112. The number of pyridine rings is 1. The fraction of sp³-hybridized carbons (Fsp3) is 0. The van der Waals surface area contributed by atoms with Crippen LogP contribution in [0.2, 0.25) is 0 Å². The predicted octanol–water partition coefficient (Wildman–Crippen LogP) is 1.75. The Morgan fingerprint density at radius 3 is 2.71 bits per heavy atom. The third kappa shape index (κ3) is 1.40. The van der Waals surface area contributed by atoms with Crippen molar-refractivity contribution in [2.45, 2.75) is 0 Å². The molecule has 0 radical (unpaired) electrons. The fourth-order valence-electron chi connectivity index (χ4n) is 1.78. The van der Waals surface area contributed by atoms with Crippen LogP contribution < -0.4 is 5.63 Å². The molecule has 5 heteroatoms. The van der Waals surface area contributed by atoms with Crippen LogP contribution >= 0.6 is 0 Å². The van der Waals surface area contributed by atoms with Crippen LogP contribution in [-0.4, -0.2) is 15.2 Å². The molecule has 3 rings (SSSR count). The zero-order valence-electron chi connectivity index (χ0n) is 8.54. The standard InChI is InChI=1S/C12H7NO4/c14-6-1-2-8-9(3-6)12(16)17-10-4-7(15)5-13-11(8)10/h1-5,14-15H. The van der Waals surface area contributed by atoms with Gasteiger partial charge in [-0.25, -0.2) is 9.78 Å². The number of aromatic nitrogens is 1. The molecule has 0 fully saturated rings. The summed E-state index contributed by atoms with van der Waals surface area (Å²) in [5, 5.41) is 19.4. The molecule has 0 aliphatic heterocycles. The van der Waals surface area contributed by atoms with Gasteiger partial charge in [0.25, 0.3) is 0 Å². The van der Waals surface area contributed by atoms with E-state index in [1.165, 1.54) is 24.4 Å². The number of hydrogen-bond acceptors (Lipinski definition) is 5. The Labute approximate surface area is 94.6 Å². The van der Waals surface area contributed by atoms with Crippen molar-refractivity contribution in [1.29, 1.82) is 0 Å². The average Bonchev–Trinajstić information content (AvgIpc) is 2.29. The highest BCUT2D eigenvalue weighted by Gasteiger charge is 2.09. The predicted molar refractivity (Wildman–Crippen MR) is 61.1 cm³/mol. The van der Waals surface area contributed by atoms with Gasteiger partial charge < -0.3 is 14.6 Å². The normalized spacial score (nSPS) is 11.1. The van der Waals surface area contributed by atoms with Crippen molar-refractivity contribution >= 4 is 21.9 Å². The lowest BCUT2D eigenvalue weighted by molar-refractivity contribution is 0.470. The van der Waals surface area contributed by atoms with Crippen LogP contribution in [0.3, 0.4) is 0 Å². The van der Waals surface area contributed by atoms with E-state index in [1.54, 1.807) is 6.07 Å². The largest absolute Gasteiger partial charge is 0.508 e. The second-order valence-corrected chi connectivity index (χ2v) is 3.66. The smallest absolute Gasteiger partial charge is 0.344 e. The van der Waals surface area contributed by atoms with Gasteiger partial charge in [-0.2, -0.15) is 0 Å². The molecule has 3 aromatic rings. The maximum atomic E-state index is 11.7. The van der Waals surface area contributed by atoms with Crippen LogP contribution in [-0.2, 0) is 0 Å². The first-order chi connectivity index (χ1) is 8.15. The third-order valence-electron chi connectivity index (χ3n) is 2.52. The number of phenols is 1. The molecule has 0 bridgehead atoms. The summed E-state index contributed by atoms with van der Waals surface area (Å²) in [5.74, 6) is -0.0818. The van der Waals surface area contributed by atoms with Gasteiger partial charge in [-0.15, -0.1) is 0 Å². The molecule has 0 unspecified atom stereocenters. The molecule has 2 aromatic heterocycles. The van der Waals surface area contributed by atoms with E-state index in [9.17, 15) is 15.0 Å². The molecule has 2 heterocycles. The van der Waals surface area contributed by atoms with Gasteiger partial charge in [0.2, 0.25) is 0 Å². The van der Waals surface area contributed by atoms with Gasteiger partial charge in [0.15, 0.2) is 5.58 Å². The first-order valence-electron chi connectivity index (χ1n) is 4.90. The SMILES string of the molecule is O=c1oc2cc(O)cnc2c2ccc(O)cc12. The fourth-order valence-corrected chi connectivity index (χ4v) is 1.78. The molecule has 84 valence electrons. The highest BCUT2D eigenvalue weighted by Crippen LogP contribution is 2.25. The van der Waals surface area contributed by atoms with E-state index in [2.05, 4.69) is 4.98 Å². The molecular weight excluding hydrogens is 222 g/mol. The summed E-state index contributed by atoms with van der Waals surface area (Å²) in [6, 6.07) is 5.72. The van der Waals surface area contributed by atoms with Gasteiger partial charge >= 0.3 is 5.63 Å². The van der Waals surface area contributed by atoms with Crippen molar-refractivity contribution in [2.75, 3.05) is 0 Å². The molecule has 0 spiro atoms. The molecular formula is C12H7NO4. The summed E-state index contributed by atoms with van der Waals surface area (Å²) in [6.07, 6.45) is 1.27. The summed E-state index contributed by atoms with van der Waals surface area (Å²) in [4.78, 5) is 15.7. The highest BCUT2D eigenvalue weighted by molar-refractivity contribution is 6.02. The van der Waals surface area contributed by atoms with Gasteiger partial charge in [0.1, 0.15) is 17.0 Å². The molecule has 5 nitrogen and oxygen atoms in total. The van der Waals surface area contributed by atoms with Crippen molar-refractivity contribution in [3.8, 4) is 11.5 Å². The number of phenolic OH excluding ortho intramolecular Hbond substituents is 1. The number of rotatable bonds is 0. The van der Waals surface area contributed by atoms with Crippen LogP contribution in [0.5, 0.6) is 11.5 Å². The summed E-state index contributed by atoms with van der Waals surface area (Å²) < 4.78 is 5.02. The Morgan fingerprint density at radius 1 is 1.06 bits per heavy atom. The molecule has 0 saturated carbocycles. The summed E-state index contributed by atoms with van der Waals surface area (Å²) in [5.41, 5.74) is 0.112. The molecule has 0 aliphatic rings. The monoisotopic (exact) mass is 229 g/mol. The summed E-state index contributed by atoms with van der Waals surface area (Å²) in [6.45, 7) is 0. The number of benzene rings is 1. The lowest BCUT2D eigenvalue weighted by Crippen LogP contribution is -2.00. The molecule has 0 atom stereocenters. The highest BCUT2D eigenvalue weighted by atomic mass is 16.4. The minimum Gasteiger partial charge on any atom is -0.508 e. The zero-order valence-corrected chi connectivity index (χ0v) is 8.54. The first-order valence-corrected chi connectivity index (χ1v) is 4.90. The van der Waals surface area contributed by atoms with Crippen molar-refractivity contribution in [3.05, 3.63) is 40.9 Å². The van der Waals surface area contributed by atoms with Crippen molar-refractivity contribution in [2.24, 2.45) is 0 Å². The number of hydrogen-bond donors (Lipinski definition) is 2. The number of nitrogens with zero attached hydrogens (tertiary/aromatic N) is 1. The van der Waals surface area contributed by atoms with Gasteiger partial charge in [-0.05, 0) is 18.2 Å². The van der Waals surface area contributed by atoms with E-state index in [1.807, 2.05) is 0 Å². The van der Waals surface area contributed by atoms with Crippen LogP contribution in [0.15, 0.2) is 39.7 Å². The zero-order chi connectivity index (χ0) is 12.0. The maximum absolute atomic E-state index is 11.7. The van der Waals surface area contributed by atoms with E-state index in [-0.39, 0.29) is 22.5 Å². The first kappa shape index (κ1) is 9.65. The van der Waals surface area contributed by atoms with E-state index in [0.717, 1.165) is 0 Å². The number of fused-ring (bicyclic) bond motifs is 3. The van der Waals surface area contributed by atoms with Gasteiger partial charge in [0, 0.05) is 11.5 Å². The Kier molecular flexibility index (Phi) is 1.82. The van der Waals surface area contributed by atoms with Gasteiger partial charge in [-0.3, -0.25) is 0 Å². The number of aromatic hydroxyl groups is 2. The van der Waals surface area contributed by atoms with Crippen LogP contribution in [0, 0.1) is 0 Å². The maximum Gasteiger partial charge on any atom is 0.344 e. The Morgan fingerprint density at radius 2 is 1.88 bits per heavy atom. The third-order valence-corrected chi connectivity index (χ3v) is 2.52. The summed E-state index contributed by atoms with van der Waals surface area (Å²) in [7, 11) is 0. The van der Waals surface area contributed by atoms with Crippen LogP contribution in [0.4, 0.5) is 0 Å².